The summed E-state index contributed by atoms with van der Waals surface area (Å²) in [4.78, 5) is 21.2. The number of pyridine rings is 1. The van der Waals surface area contributed by atoms with E-state index < -0.39 is 11.7 Å². The van der Waals surface area contributed by atoms with E-state index in [9.17, 15) is 18.0 Å². The molecule has 1 amide bonds. The Morgan fingerprint density at radius 3 is 2.47 bits per heavy atom. The predicted octanol–water partition coefficient (Wildman–Crippen LogP) is 5.56. The van der Waals surface area contributed by atoms with E-state index in [-0.39, 0.29) is 5.91 Å². The second kappa shape index (κ2) is 11.6. The van der Waals surface area contributed by atoms with Gasteiger partial charge in [-0.25, -0.2) is 4.98 Å². The first-order chi connectivity index (χ1) is 17.3. The van der Waals surface area contributed by atoms with Gasteiger partial charge in [-0.3, -0.25) is 9.78 Å². The fourth-order valence-electron chi connectivity index (χ4n) is 3.61. The number of hydrogen-bond acceptors (Lipinski definition) is 5. The predicted molar refractivity (Wildman–Crippen MR) is 133 cm³/mol. The number of methoxy groups -OCH3 is 1. The Kier molecular flexibility index (Phi) is 8.27. The average Bonchev–Trinajstić information content (AvgIpc) is 3.22. The third kappa shape index (κ3) is 6.44. The normalized spacial score (nSPS) is 11.7. The Hall–Kier alpha value is -3.37. The second-order valence-electron chi connectivity index (χ2n) is 8.13. The lowest BCUT2D eigenvalue weighted by Crippen LogP contribution is -2.25. The number of nitrogens with zero attached hydrogens (tertiary/aromatic N) is 3. The number of benzene rings is 2. The van der Waals surface area contributed by atoms with Gasteiger partial charge in [-0.15, -0.1) is 0 Å². The zero-order valence-corrected chi connectivity index (χ0v) is 20.4. The van der Waals surface area contributed by atoms with Crippen molar-refractivity contribution in [3.63, 3.8) is 0 Å². The van der Waals surface area contributed by atoms with Gasteiger partial charge in [-0.05, 0) is 47.9 Å². The molecule has 4 aromatic rings. The number of hydrogen-bond donors (Lipinski definition) is 1. The number of carbonyl (C=O) groups is 1. The van der Waals surface area contributed by atoms with Crippen LogP contribution in [0.15, 0.2) is 72.1 Å². The highest BCUT2D eigenvalue weighted by Gasteiger charge is 2.29. The summed E-state index contributed by atoms with van der Waals surface area (Å²) in [5.41, 5.74) is 3.29. The molecule has 1 N–H and O–H groups in total. The Labute approximate surface area is 210 Å². The molecule has 2 aromatic heterocycles. The molecule has 6 nitrogen and oxygen atoms in total. The maximum atomic E-state index is 12.8. The zero-order valence-electron chi connectivity index (χ0n) is 19.6. The first kappa shape index (κ1) is 25.7. The van der Waals surface area contributed by atoms with E-state index in [4.69, 9.17) is 9.72 Å². The van der Waals surface area contributed by atoms with Crippen molar-refractivity contribution in [2.24, 2.45) is 0 Å². The number of fused-ring (bicyclic) bond motifs is 1. The van der Waals surface area contributed by atoms with Crippen molar-refractivity contribution in [1.82, 2.24) is 19.9 Å². The number of carbonyl (C=O) groups excluding carboxylic acids is 1. The molecule has 0 unspecified atom stereocenters. The second-order valence-corrected chi connectivity index (χ2v) is 9.07. The summed E-state index contributed by atoms with van der Waals surface area (Å²) >= 11 is 1.45. The summed E-state index contributed by atoms with van der Waals surface area (Å²) in [5.74, 6) is 0.333. The topological polar surface area (TPSA) is 69.0 Å². The molecular formula is C26H25F3N4O2S. The molecule has 0 aliphatic carbocycles. The molecule has 0 saturated heterocycles. The van der Waals surface area contributed by atoms with Crippen molar-refractivity contribution < 1.29 is 22.7 Å². The fraction of sp³-hybridized carbons (Fsp3) is 0.269. The summed E-state index contributed by atoms with van der Waals surface area (Å²) in [6.07, 6.45) is -0.196. The van der Waals surface area contributed by atoms with Gasteiger partial charge in [0.2, 0.25) is 0 Å². The van der Waals surface area contributed by atoms with Gasteiger partial charge in [-0.1, -0.05) is 36.0 Å². The first-order valence-corrected chi connectivity index (χ1v) is 12.3. The molecule has 0 bridgehead atoms. The van der Waals surface area contributed by atoms with Gasteiger partial charge in [0, 0.05) is 37.8 Å². The van der Waals surface area contributed by atoms with E-state index in [1.54, 1.807) is 31.6 Å². The lowest BCUT2D eigenvalue weighted by atomic mass is 10.1. The highest BCUT2D eigenvalue weighted by molar-refractivity contribution is 7.98. The Balaban J connectivity index is 1.47. The van der Waals surface area contributed by atoms with Crippen LogP contribution in [0.1, 0.15) is 33.5 Å². The Bertz CT molecular complexity index is 1310. The molecule has 0 saturated carbocycles. The van der Waals surface area contributed by atoms with E-state index in [1.165, 1.54) is 23.9 Å². The summed E-state index contributed by atoms with van der Waals surface area (Å²) in [6, 6.07) is 14.4. The smallest absolute Gasteiger partial charge is 0.385 e. The van der Waals surface area contributed by atoms with E-state index in [0.29, 0.717) is 31.0 Å². The van der Waals surface area contributed by atoms with Crippen molar-refractivity contribution in [3.05, 3.63) is 89.2 Å². The van der Waals surface area contributed by atoms with Crippen molar-refractivity contribution in [1.29, 1.82) is 0 Å². The van der Waals surface area contributed by atoms with E-state index >= 15 is 0 Å². The van der Waals surface area contributed by atoms with E-state index in [1.807, 2.05) is 22.8 Å². The van der Waals surface area contributed by atoms with Crippen molar-refractivity contribution in [2.45, 2.75) is 30.1 Å². The number of alkyl halides is 3. The van der Waals surface area contributed by atoms with Crippen LogP contribution < -0.4 is 5.32 Å². The Morgan fingerprint density at radius 1 is 1.06 bits per heavy atom. The van der Waals surface area contributed by atoms with Crippen molar-refractivity contribution in [2.75, 3.05) is 20.3 Å². The lowest BCUT2D eigenvalue weighted by Gasteiger charge is -2.11. The first-order valence-electron chi connectivity index (χ1n) is 11.3. The summed E-state index contributed by atoms with van der Waals surface area (Å²) < 4.78 is 45.6. The molecule has 0 fully saturated rings. The maximum absolute atomic E-state index is 12.8. The zero-order chi connectivity index (χ0) is 25.5. The van der Waals surface area contributed by atoms with Gasteiger partial charge < -0.3 is 14.6 Å². The van der Waals surface area contributed by atoms with Crippen LogP contribution in [0.3, 0.4) is 0 Å². The summed E-state index contributed by atoms with van der Waals surface area (Å²) in [5, 5.41) is 3.60. The molecular weight excluding hydrogens is 489 g/mol. The molecule has 188 valence electrons. The SMILES string of the molecule is COCCCNC(=O)c1ccc(Cn2c(SCc3ccc(C(F)(F)F)cc3)nc3ccncc32)cc1. The fourth-order valence-corrected chi connectivity index (χ4v) is 4.58. The molecule has 2 heterocycles. The summed E-state index contributed by atoms with van der Waals surface area (Å²) in [6.45, 7) is 1.64. The highest BCUT2D eigenvalue weighted by atomic mass is 32.2. The Morgan fingerprint density at radius 2 is 1.78 bits per heavy atom. The number of imidazole rings is 1. The van der Waals surface area contributed by atoms with E-state index in [0.717, 1.165) is 45.9 Å². The third-order valence-electron chi connectivity index (χ3n) is 5.53. The van der Waals surface area contributed by atoms with Gasteiger partial charge in [0.25, 0.3) is 5.91 Å². The molecule has 0 spiro atoms. The molecule has 0 atom stereocenters. The molecule has 4 rings (SSSR count). The number of halogens is 3. The quantitative estimate of drug-likeness (QED) is 0.222. The average molecular weight is 515 g/mol. The number of thioether (sulfide) groups is 1. The minimum absolute atomic E-state index is 0.136. The van der Waals surface area contributed by atoms with Crippen LogP contribution in [0.5, 0.6) is 0 Å². The van der Waals surface area contributed by atoms with Gasteiger partial charge in [0.1, 0.15) is 0 Å². The number of aromatic nitrogens is 3. The number of nitrogens with one attached hydrogen (secondary N) is 1. The monoisotopic (exact) mass is 514 g/mol. The van der Waals surface area contributed by atoms with Gasteiger partial charge in [-0.2, -0.15) is 13.2 Å². The molecule has 36 heavy (non-hydrogen) atoms. The third-order valence-corrected chi connectivity index (χ3v) is 6.58. The van der Waals surface area contributed by atoms with Gasteiger partial charge >= 0.3 is 6.18 Å². The molecule has 2 aromatic carbocycles. The lowest BCUT2D eigenvalue weighted by molar-refractivity contribution is -0.137. The van der Waals surface area contributed by atoms with Crippen molar-refractivity contribution in [3.8, 4) is 0 Å². The van der Waals surface area contributed by atoms with Gasteiger partial charge in [0.15, 0.2) is 5.16 Å². The van der Waals surface area contributed by atoms with Crippen LogP contribution in [0.25, 0.3) is 11.0 Å². The summed E-state index contributed by atoms with van der Waals surface area (Å²) in [7, 11) is 1.62. The minimum atomic E-state index is -4.35. The minimum Gasteiger partial charge on any atom is -0.385 e. The molecule has 0 aliphatic rings. The van der Waals surface area contributed by atoms with Crippen LogP contribution in [-0.4, -0.2) is 40.7 Å². The largest absolute Gasteiger partial charge is 0.416 e. The van der Waals surface area contributed by atoms with Gasteiger partial charge in [0.05, 0.1) is 29.3 Å². The van der Waals surface area contributed by atoms with Crippen LogP contribution in [0, 0.1) is 0 Å². The highest BCUT2D eigenvalue weighted by Crippen LogP contribution is 2.31. The van der Waals surface area contributed by atoms with Crippen molar-refractivity contribution >= 4 is 28.7 Å². The van der Waals surface area contributed by atoms with Crippen LogP contribution in [-0.2, 0) is 23.2 Å². The van der Waals surface area contributed by atoms with Crippen LogP contribution in [0.4, 0.5) is 13.2 Å². The van der Waals surface area contributed by atoms with Crippen LogP contribution >= 0.6 is 11.8 Å². The molecule has 10 heteroatoms. The standard InChI is InChI=1S/C26H25F3N4O2S/c1-35-14-2-12-31-24(34)20-7-3-18(4-8-20)16-33-23-15-30-13-11-22(23)32-25(33)36-17-19-5-9-21(10-6-19)26(27,28)29/h3-11,13,15H,2,12,14,16-17H2,1H3,(H,31,34). The maximum Gasteiger partial charge on any atom is 0.416 e. The number of rotatable bonds is 10. The van der Waals surface area contributed by atoms with E-state index in [2.05, 4.69) is 10.3 Å². The van der Waals surface area contributed by atoms with Crippen LogP contribution in [0.2, 0.25) is 0 Å². The number of amides is 1. The molecule has 0 radical (unpaired) electrons. The number of ether oxygens (including phenoxy) is 1. The molecule has 0 aliphatic heterocycles.